The number of aryl methyl sites for hydroxylation is 1. The Morgan fingerprint density at radius 3 is 2.45 bits per heavy atom. The van der Waals surface area contributed by atoms with Gasteiger partial charge in [0, 0.05) is 10.7 Å². The molecule has 0 radical (unpaired) electrons. The number of carbonyl (C=O) groups excluding carboxylic acids is 2. The van der Waals surface area contributed by atoms with E-state index in [-0.39, 0.29) is 23.1 Å². The smallest absolute Gasteiger partial charge is 0.272 e. The lowest BCUT2D eigenvalue weighted by Crippen LogP contribution is -2.20. The van der Waals surface area contributed by atoms with Crippen molar-refractivity contribution in [3.63, 3.8) is 0 Å². The minimum Gasteiger partial charge on any atom is -0.493 e. The normalized spacial score (nSPS) is 10.7. The highest BCUT2D eigenvalue weighted by atomic mass is 35.5. The van der Waals surface area contributed by atoms with Crippen LogP contribution in [0.4, 0.5) is 5.69 Å². The molecule has 33 heavy (non-hydrogen) atoms. The van der Waals surface area contributed by atoms with Gasteiger partial charge in [0.25, 0.3) is 11.8 Å². The second-order valence-electron chi connectivity index (χ2n) is 6.94. The molecule has 2 N–H and O–H groups in total. The standard InChI is InChI=1S/C24H21Cl2N3O4/c1-15-3-7-18(8-4-15)28-23(30)14-33-21-10-5-16(11-22(21)32-2)13-27-29-24(31)19-9-6-17(25)12-20(19)26/h3-13H,14H2,1-2H3,(H,28,30)(H,29,31)/b27-13+. The van der Waals surface area contributed by atoms with Crippen LogP contribution in [-0.4, -0.2) is 31.7 Å². The summed E-state index contributed by atoms with van der Waals surface area (Å²) in [5, 5.41) is 7.36. The van der Waals surface area contributed by atoms with E-state index in [4.69, 9.17) is 32.7 Å². The zero-order valence-corrected chi connectivity index (χ0v) is 19.4. The molecule has 9 heteroatoms. The van der Waals surface area contributed by atoms with Crippen molar-refractivity contribution in [2.45, 2.75) is 6.92 Å². The van der Waals surface area contributed by atoms with E-state index in [1.165, 1.54) is 25.5 Å². The predicted molar refractivity (Wildman–Crippen MR) is 130 cm³/mol. The molecule has 0 heterocycles. The van der Waals surface area contributed by atoms with Gasteiger partial charge in [0.2, 0.25) is 0 Å². The summed E-state index contributed by atoms with van der Waals surface area (Å²) in [5.74, 6) is 0.0365. The summed E-state index contributed by atoms with van der Waals surface area (Å²) in [6.45, 7) is 1.79. The number of halogens is 2. The predicted octanol–water partition coefficient (Wildman–Crippen LogP) is 5.09. The quantitative estimate of drug-likeness (QED) is 0.343. The number of ether oxygens (including phenoxy) is 2. The van der Waals surface area contributed by atoms with Gasteiger partial charge in [-0.2, -0.15) is 5.10 Å². The molecule has 0 aliphatic carbocycles. The first-order valence-electron chi connectivity index (χ1n) is 9.81. The summed E-state index contributed by atoms with van der Waals surface area (Å²) in [7, 11) is 1.49. The van der Waals surface area contributed by atoms with Gasteiger partial charge in [0.15, 0.2) is 18.1 Å². The highest BCUT2D eigenvalue weighted by Crippen LogP contribution is 2.27. The second-order valence-corrected chi connectivity index (χ2v) is 7.78. The summed E-state index contributed by atoms with van der Waals surface area (Å²) in [6, 6.07) is 17.0. The Balaban J connectivity index is 1.57. The van der Waals surface area contributed by atoms with Gasteiger partial charge in [-0.1, -0.05) is 40.9 Å². The molecule has 0 fully saturated rings. The van der Waals surface area contributed by atoms with Gasteiger partial charge < -0.3 is 14.8 Å². The van der Waals surface area contributed by atoms with Crippen LogP contribution >= 0.6 is 23.2 Å². The van der Waals surface area contributed by atoms with E-state index >= 15 is 0 Å². The molecule has 0 aliphatic heterocycles. The van der Waals surface area contributed by atoms with Crippen molar-refractivity contribution in [2.24, 2.45) is 5.10 Å². The monoisotopic (exact) mass is 485 g/mol. The Labute approximate surface area is 201 Å². The summed E-state index contributed by atoms with van der Waals surface area (Å²) in [5.41, 5.74) is 5.09. The molecule has 0 saturated carbocycles. The van der Waals surface area contributed by atoms with Crippen LogP contribution in [0.25, 0.3) is 0 Å². The molecule has 0 spiro atoms. The van der Waals surface area contributed by atoms with Gasteiger partial charge in [-0.15, -0.1) is 0 Å². The Morgan fingerprint density at radius 2 is 1.76 bits per heavy atom. The van der Waals surface area contributed by atoms with Crippen LogP contribution in [0.15, 0.2) is 65.8 Å². The molecule has 0 atom stereocenters. The van der Waals surface area contributed by atoms with E-state index < -0.39 is 5.91 Å². The van der Waals surface area contributed by atoms with E-state index in [1.807, 2.05) is 31.2 Å². The molecule has 0 aromatic heterocycles. The molecular weight excluding hydrogens is 465 g/mol. The summed E-state index contributed by atoms with van der Waals surface area (Å²) in [4.78, 5) is 24.4. The molecule has 170 valence electrons. The van der Waals surface area contributed by atoms with E-state index in [1.54, 1.807) is 24.3 Å². The molecule has 0 unspecified atom stereocenters. The van der Waals surface area contributed by atoms with E-state index in [0.29, 0.717) is 27.8 Å². The SMILES string of the molecule is COc1cc(/C=N/NC(=O)c2ccc(Cl)cc2Cl)ccc1OCC(=O)Nc1ccc(C)cc1. The Hall–Kier alpha value is -3.55. The van der Waals surface area contributed by atoms with Crippen molar-refractivity contribution in [3.05, 3.63) is 87.4 Å². The van der Waals surface area contributed by atoms with E-state index in [9.17, 15) is 9.59 Å². The third-order valence-electron chi connectivity index (χ3n) is 4.44. The second kappa shape index (κ2) is 11.4. The van der Waals surface area contributed by atoms with E-state index in [0.717, 1.165) is 5.56 Å². The maximum atomic E-state index is 12.2. The molecule has 3 aromatic rings. The Bertz CT molecular complexity index is 1180. The molecule has 0 aliphatic rings. The Kier molecular flexibility index (Phi) is 8.29. The van der Waals surface area contributed by atoms with Crippen molar-refractivity contribution >= 4 is 46.9 Å². The van der Waals surface area contributed by atoms with Gasteiger partial charge in [-0.25, -0.2) is 5.43 Å². The topological polar surface area (TPSA) is 89.0 Å². The zero-order chi connectivity index (χ0) is 23.8. The highest BCUT2D eigenvalue weighted by Gasteiger charge is 2.11. The molecule has 3 aromatic carbocycles. The van der Waals surface area contributed by atoms with Crippen LogP contribution < -0.4 is 20.2 Å². The number of carbonyl (C=O) groups is 2. The lowest BCUT2D eigenvalue weighted by Gasteiger charge is -2.11. The third kappa shape index (κ3) is 6.97. The summed E-state index contributed by atoms with van der Waals surface area (Å²) < 4.78 is 10.9. The fraction of sp³-hybridized carbons (Fsp3) is 0.125. The van der Waals surface area contributed by atoms with Gasteiger partial charge in [-0.3, -0.25) is 9.59 Å². The molecule has 0 saturated heterocycles. The molecular formula is C24H21Cl2N3O4. The number of amides is 2. The number of hydrogen-bond donors (Lipinski definition) is 2. The number of methoxy groups -OCH3 is 1. The number of anilines is 1. The summed E-state index contributed by atoms with van der Waals surface area (Å²) in [6.07, 6.45) is 1.44. The number of hydrogen-bond acceptors (Lipinski definition) is 5. The first kappa shape index (κ1) is 24.1. The van der Waals surface area contributed by atoms with Crippen LogP contribution in [0.3, 0.4) is 0 Å². The van der Waals surface area contributed by atoms with E-state index in [2.05, 4.69) is 15.8 Å². The van der Waals surface area contributed by atoms with Crippen LogP contribution in [0.2, 0.25) is 10.0 Å². The third-order valence-corrected chi connectivity index (χ3v) is 4.99. The van der Waals surface area contributed by atoms with Gasteiger partial charge in [0.1, 0.15) is 0 Å². The number of rotatable bonds is 8. The van der Waals surface area contributed by atoms with Gasteiger partial charge >= 0.3 is 0 Å². The average molecular weight is 486 g/mol. The number of hydrazone groups is 1. The van der Waals surface area contributed by atoms with Crippen molar-refractivity contribution < 1.29 is 19.1 Å². The minimum atomic E-state index is -0.473. The maximum Gasteiger partial charge on any atom is 0.272 e. The van der Waals surface area contributed by atoms with Crippen molar-refractivity contribution in [2.75, 3.05) is 19.0 Å². The van der Waals surface area contributed by atoms with Crippen molar-refractivity contribution in [1.82, 2.24) is 5.43 Å². The average Bonchev–Trinajstić information content (AvgIpc) is 2.79. The van der Waals surface area contributed by atoms with Crippen molar-refractivity contribution in [1.29, 1.82) is 0 Å². The molecule has 2 amide bonds. The first-order valence-corrected chi connectivity index (χ1v) is 10.6. The van der Waals surface area contributed by atoms with Gasteiger partial charge in [0.05, 0.1) is 23.9 Å². The van der Waals surface area contributed by atoms with Gasteiger partial charge in [-0.05, 0) is 61.0 Å². The fourth-order valence-corrected chi connectivity index (χ4v) is 3.25. The summed E-state index contributed by atoms with van der Waals surface area (Å²) >= 11 is 11.9. The largest absolute Gasteiger partial charge is 0.493 e. The molecule has 3 rings (SSSR count). The highest BCUT2D eigenvalue weighted by molar-refractivity contribution is 6.36. The van der Waals surface area contributed by atoms with Crippen molar-refractivity contribution in [3.8, 4) is 11.5 Å². The van der Waals surface area contributed by atoms with Crippen LogP contribution in [0, 0.1) is 6.92 Å². The van der Waals surface area contributed by atoms with Crippen LogP contribution in [0.1, 0.15) is 21.5 Å². The van der Waals surface area contributed by atoms with Crippen LogP contribution in [-0.2, 0) is 4.79 Å². The first-order chi connectivity index (χ1) is 15.9. The Morgan fingerprint density at radius 1 is 1.00 bits per heavy atom. The maximum absolute atomic E-state index is 12.2. The number of nitrogens with one attached hydrogen (secondary N) is 2. The number of nitrogens with zero attached hydrogens (tertiary/aromatic N) is 1. The fourth-order valence-electron chi connectivity index (χ4n) is 2.76. The number of benzene rings is 3. The molecule has 0 bridgehead atoms. The lowest BCUT2D eigenvalue weighted by atomic mass is 10.2. The molecule has 7 nitrogen and oxygen atoms in total. The lowest BCUT2D eigenvalue weighted by molar-refractivity contribution is -0.118. The minimum absolute atomic E-state index is 0.185. The van der Waals surface area contributed by atoms with Crippen LogP contribution in [0.5, 0.6) is 11.5 Å². The zero-order valence-electron chi connectivity index (χ0n) is 17.9.